The summed E-state index contributed by atoms with van der Waals surface area (Å²) in [4.78, 5) is 33.0. The van der Waals surface area contributed by atoms with Gasteiger partial charge in [0.15, 0.2) is 5.13 Å². The van der Waals surface area contributed by atoms with E-state index in [1.807, 2.05) is 50.2 Å². The number of benzene rings is 3. The second-order valence-corrected chi connectivity index (χ2v) is 11.5. The average molecular weight is 515 g/mol. The molecule has 1 atom stereocenters. The van der Waals surface area contributed by atoms with Crippen LogP contribution in [0.3, 0.4) is 0 Å². The predicted molar refractivity (Wildman–Crippen MR) is 145 cm³/mol. The molecule has 0 bridgehead atoms. The van der Waals surface area contributed by atoms with Gasteiger partial charge in [0.05, 0.1) is 21.8 Å². The molecular weight excluding hydrogens is 487 g/mol. The number of carbonyl (C=O) groups is 2. The van der Waals surface area contributed by atoms with E-state index >= 15 is 0 Å². The van der Waals surface area contributed by atoms with Crippen LogP contribution >= 0.6 is 11.3 Å². The molecule has 3 aromatic carbocycles. The van der Waals surface area contributed by atoms with Crippen LogP contribution < -0.4 is 4.90 Å². The molecule has 2 heterocycles. The van der Waals surface area contributed by atoms with Crippen LogP contribution in [0, 0.1) is 19.7 Å². The van der Waals surface area contributed by atoms with Crippen LogP contribution in [-0.4, -0.2) is 21.8 Å². The van der Waals surface area contributed by atoms with Gasteiger partial charge in [-0.15, -0.1) is 0 Å². The fourth-order valence-corrected chi connectivity index (χ4v) is 5.90. The lowest BCUT2D eigenvalue weighted by molar-refractivity contribution is -0.132. The number of amides is 1. The highest BCUT2D eigenvalue weighted by molar-refractivity contribution is 7.22. The zero-order chi connectivity index (χ0) is 26.6. The van der Waals surface area contributed by atoms with Gasteiger partial charge in [0.1, 0.15) is 11.6 Å². The molecule has 4 aromatic rings. The third-order valence-corrected chi connectivity index (χ3v) is 7.68. The smallest absolute Gasteiger partial charge is 0.301 e. The number of anilines is 1. The van der Waals surface area contributed by atoms with Crippen LogP contribution in [0.1, 0.15) is 54.6 Å². The summed E-state index contributed by atoms with van der Waals surface area (Å²) in [5, 5.41) is 11.6. The van der Waals surface area contributed by atoms with Crippen molar-refractivity contribution in [2.75, 3.05) is 4.90 Å². The van der Waals surface area contributed by atoms with E-state index in [1.54, 1.807) is 0 Å². The number of aliphatic hydroxyl groups excluding tert-OH is 1. The lowest BCUT2D eigenvalue weighted by atomic mass is 9.85. The van der Waals surface area contributed by atoms with E-state index in [4.69, 9.17) is 4.98 Å². The maximum atomic E-state index is 13.6. The number of thiazole rings is 1. The standard InChI is InChI=1S/C30H27FN2O3S/c1-16-14-17(2)24-22(15-16)37-29(32-24)33-25(18-6-10-20(11-7-18)30(3,4)5)23(27(35)28(33)36)26(34)19-8-12-21(31)13-9-19/h6-15,25,34H,1-5H3/b26-23+/t25-/m0/s1. The molecule has 37 heavy (non-hydrogen) atoms. The summed E-state index contributed by atoms with van der Waals surface area (Å²) in [6, 6.07) is 16.0. The first-order valence-corrected chi connectivity index (χ1v) is 12.8. The molecule has 1 aliphatic heterocycles. The highest BCUT2D eigenvalue weighted by atomic mass is 32.1. The Hall–Kier alpha value is -3.84. The lowest BCUT2D eigenvalue weighted by Crippen LogP contribution is -2.29. The van der Waals surface area contributed by atoms with Crippen molar-refractivity contribution < 1.29 is 19.1 Å². The maximum Gasteiger partial charge on any atom is 0.301 e. The summed E-state index contributed by atoms with van der Waals surface area (Å²) in [7, 11) is 0. The Morgan fingerprint density at radius 1 is 1.00 bits per heavy atom. The van der Waals surface area contributed by atoms with E-state index in [2.05, 4.69) is 20.8 Å². The third kappa shape index (κ3) is 4.33. The van der Waals surface area contributed by atoms with E-state index in [1.165, 1.54) is 40.5 Å². The second-order valence-electron chi connectivity index (χ2n) is 10.5. The fourth-order valence-electron chi connectivity index (χ4n) is 4.74. The molecule has 1 saturated heterocycles. The number of nitrogens with zero attached hydrogens (tertiary/aromatic N) is 2. The topological polar surface area (TPSA) is 70.5 Å². The number of aromatic nitrogens is 1. The van der Waals surface area contributed by atoms with E-state index in [9.17, 15) is 19.1 Å². The van der Waals surface area contributed by atoms with Crippen molar-refractivity contribution in [2.45, 2.75) is 46.1 Å². The number of ketones is 1. The van der Waals surface area contributed by atoms with Gasteiger partial charge < -0.3 is 5.11 Å². The minimum atomic E-state index is -0.888. The molecule has 0 unspecified atom stereocenters. The molecule has 1 aromatic heterocycles. The Morgan fingerprint density at radius 2 is 1.65 bits per heavy atom. The van der Waals surface area contributed by atoms with Gasteiger partial charge in [-0.25, -0.2) is 9.37 Å². The van der Waals surface area contributed by atoms with Crippen LogP contribution in [0.25, 0.3) is 16.0 Å². The summed E-state index contributed by atoms with van der Waals surface area (Å²) < 4.78 is 14.5. The first kappa shape index (κ1) is 24.8. The van der Waals surface area contributed by atoms with Crippen molar-refractivity contribution >= 4 is 44.1 Å². The molecule has 0 radical (unpaired) electrons. The molecule has 1 N–H and O–H groups in total. The zero-order valence-electron chi connectivity index (χ0n) is 21.3. The SMILES string of the molecule is Cc1cc(C)c2nc(N3C(=O)C(=O)/C(=C(/O)c4ccc(F)cc4)[C@@H]3c3ccc(C(C)(C)C)cc3)sc2c1. The number of hydrogen-bond donors (Lipinski definition) is 1. The second kappa shape index (κ2) is 8.92. The zero-order valence-corrected chi connectivity index (χ0v) is 22.1. The molecule has 0 aliphatic carbocycles. The highest BCUT2D eigenvalue weighted by Gasteiger charge is 2.48. The van der Waals surface area contributed by atoms with Gasteiger partial charge in [0.2, 0.25) is 0 Å². The largest absolute Gasteiger partial charge is 0.507 e. The van der Waals surface area contributed by atoms with E-state index < -0.39 is 23.5 Å². The molecular formula is C30H27FN2O3S. The molecule has 0 spiro atoms. The number of aliphatic hydroxyl groups is 1. The number of Topliss-reactive ketones (excluding diaryl/α,β-unsaturated/α-hetero) is 1. The minimum absolute atomic E-state index is 0.0488. The van der Waals surface area contributed by atoms with Gasteiger partial charge in [-0.1, -0.05) is 62.4 Å². The van der Waals surface area contributed by atoms with Crippen molar-refractivity contribution in [3.8, 4) is 0 Å². The monoisotopic (exact) mass is 514 g/mol. The van der Waals surface area contributed by atoms with Crippen LogP contribution in [0.5, 0.6) is 0 Å². The number of fused-ring (bicyclic) bond motifs is 1. The van der Waals surface area contributed by atoms with Crippen molar-refractivity contribution in [2.24, 2.45) is 0 Å². The van der Waals surface area contributed by atoms with Gasteiger partial charge in [-0.2, -0.15) is 0 Å². The van der Waals surface area contributed by atoms with E-state index in [0.29, 0.717) is 10.7 Å². The summed E-state index contributed by atoms with van der Waals surface area (Å²) in [5.74, 6) is -2.38. The van der Waals surface area contributed by atoms with Crippen molar-refractivity contribution in [3.05, 3.63) is 99.9 Å². The fraction of sp³-hybridized carbons (Fsp3) is 0.233. The maximum absolute atomic E-state index is 13.6. The third-order valence-electron chi connectivity index (χ3n) is 6.68. The Balaban J connectivity index is 1.73. The highest BCUT2D eigenvalue weighted by Crippen LogP contribution is 2.45. The number of halogens is 1. The first-order chi connectivity index (χ1) is 17.5. The van der Waals surface area contributed by atoms with Gasteiger partial charge in [0, 0.05) is 5.56 Å². The van der Waals surface area contributed by atoms with E-state index in [-0.39, 0.29) is 22.3 Å². The number of rotatable bonds is 3. The van der Waals surface area contributed by atoms with Gasteiger partial charge in [-0.3, -0.25) is 14.5 Å². The molecule has 1 amide bonds. The molecule has 7 heteroatoms. The average Bonchev–Trinajstić information content (AvgIpc) is 3.37. The Labute approximate surface area is 218 Å². The Kier molecular flexibility index (Phi) is 5.99. The number of carbonyl (C=O) groups excluding carboxylic acids is 2. The first-order valence-electron chi connectivity index (χ1n) is 12.0. The summed E-state index contributed by atoms with van der Waals surface area (Å²) in [5.41, 5.74) is 4.71. The van der Waals surface area contributed by atoms with Crippen molar-refractivity contribution in [1.82, 2.24) is 4.98 Å². The predicted octanol–water partition coefficient (Wildman–Crippen LogP) is 6.98. The van der Waals surface area contributed by atoms with Crippen molar-refractivity contribution in [1.29, 1.82) is 0 Å². The number of aryl methyl sites for hydroxylation is 2. The van der Waals surface area contributed by atoms with Crippen LogP contribution in [0.15, 0.2) is 66.2 Å². The Bertz CT molecular complexity index is 1580. The normalized spacial score (nSPS) is 17.7. The molecule has 1 fully saturated rings. The van der Waals surface area contributed by atoms with Crippen LogP contribution in [-0.2, 0) is 15.0 Å². The summed E-state index contributed by atoms with van der Waals surface area (Å²) >= 11 is 1.33. The van der Waals surface area contributed by atoms with Gasteiger partial charge >= 0.3 is 5.91 Å². The minimum Gasteiger partial charge on any atom is -0.507 e. The molecule has 188 valence electrons. The van der Waals surface area contributed by atoms with Gasteiger partial charge in [-0.05, 0) is 71.8 Å². The van der Waals surface area contributed by atoms with Crippen LogP contribution in [0.4, 0.5) is 9.52 Å². The summed E-state index contributed by atoms with van der Waals surface area (Å²) in [6.45, 7) is 10.3. The van der Waals surface area contributed by atoms with Crippen LogP contribution in [0.2, 0.25) is 0 Å². The van der Waals surface area contributed by atoms with Gasteiger partial charge in [0.25, 0.3) is 5.78 Å². The quantitative estimate of drug-likeness (QED) is 0.182. The van der Waals surface area contributed by atoms with E-state index in [0.717, 1.165) is 26.9 Å². The Morgan fingerprint density at radius 3 is 2.27 bits per heavy atom. The lowest BCUT2D eigenvalue weighted by Gasteiger charge is -2.24. The molecule has 1 aliphatic rings. The summed E-state index contributed by atoms with van der Waals surface area (Å²) in [6.07, 6.45) is 0. The van der Waals surface area contributed by atoms with Crippen molar-refractivity contribution in [3.63, 3.8) is 0 Å². The molecule has 5 rings (SSSR count). The molecule has 5 nitrogen and oxygen atoms in total. The molecule has 0 saturated carbocycles. The number of hydrogen-bond acceptors (Lipinski definition) is 5.